The quantitative estimate of drug-likeness (QED) is 0.190. The van der Waals surface area contributed by atoms with Crippen molar-refractivity contribution in [2.24, 2.45) is 0 Å². The van der Waals surface area contributed by atoms with E-state index in [1.54, 1.807) is 31.5 Å². The molecule has 0 saturated carbocycles. The zero-order valence-electron chi connectivity index (χ0n) is 15.9. The summed E-state index contributed by atoms with van der Waals surface area (Å²) >= 11 is -3.15. The van der Waals surface area contributed by atoms with Crippen LogP contribution in [0, 0.1) is 0 Å². The van der Waals surface area contributed by atoms with E-state index in [1.807, 2.05) is 0 Å². The zero-order valence-corrected chi connectivity index (χ0v) is 21.0. The Kier molecular flexibility index (Phi) is 13.8. The Morgan fingerprint density at radius 3 is 0.762 bits per heavy atom. The van der Waals surface area contributed by atoms with Gasteiger partial charge in [-0.25, -0.2) is 0 Å². The van der Waals surface area contributed by atoms with Crippen LogP contribution in [0.15, 0.2) is 0 Å². The average molecular weight is 435 g/mol. The molecule has 0 rings (SSSR count). The molecule has 0 aliphatic carbocycles. The molecule has 0 aromatic heterocycles. The third kappa shape index (κ3) is 8.25. The van der Waals surface area contributed by atoms with E-state index in [1.165, 1.54) is 38.5 Å². The van der Waals surface area contributed by atoms with Gasteiger partial charge in [0.25, 0.3) is 0 Å². The van der Waals surface area contributed by atoms with Crippen LogP contribution in [0.2, 0.25) is 31.5 Å². The van der Waals surface area contributed by atoms with Gasteiger partial charge in [0.1, 0.15) is 0 Å². The molecule has 0 fully saturated rings. The van der Waals surface area contributed by atoms with Crippen LogP contribution in [0.5, 0.6) is 0 Å². The average Bonchev–Trinajstić information content (AvgIpc) is 2.40. The first-order chi connectivity index (χ1) is 10.1. The van der Waals surface area contributed by atoms with Crippen molar-refractivity contribution in [1.29, 1.82) is 0 Å². The van der Waals surface area contributed by atoms with Crippen molar-refractivity contribution in [3.63, 3.8) is 0 Å². The fraction of sp³-hybridized carbons (Fsp3) is 1.00. The van der Waals surface area contributed by atoms with Gasteiger partial charge in [0.2, 0.25) is 0 Å². The van der Waals surface area contributed by atoms with Crippen LogP contribution in [0.3, 0.4) is 0 Å². The van der Waals surface area contributed by atoms with Crippen LogP contribution in [-0.4, -0.2) is 25.6 Å². The summed E-state index contributed by atoms with van der Waals surface area (Å²) in [6.07, 6.45) is 8.81. The molecule has 127 valence electrons. The topological polar surface area (TPSA) is 0 Å². The fourth-order valence-corrected chi connectivity index (χ4v) is 93.3. The molecule has 0 nitrogen and oxygen atoms in total. The Balaban J connectivity index is 5.30. The van der Waals surface area contributed by atoms with Gasteiger partial charge in [-0.05, 0) is 0 Å². The minimum absolute atomic E-state index is 1.47. The van der Waals surface area contributed by atoms with Gasteiger partial charge in [-0.15, -0.1) is 0 Å². The van der Waals surface area contributed by atoms with Crippen molar-refractivity contribution in [1.82, 2.24) is 0 Å². The molecule has 0 aliphatic rings. The van der Waals surface area contributed by atoms with E-state index >= 15 is 0 Å². The molecular formula is C18H42Ge2P. The Morgan fingerprint density at radius 2 is 0.619 bits per heavy atom. The molecule has 0 bridgehead atoms. The molecule has 21 heavy (non-hydrogen) atoms. The summed E-state index contributed by atoms with van der Waals surface area (Å²) in [6, 6.07) is 0. The Hall–Kier alpha value is 1.52. The SMILES string of the molecule is CC[CH2][Ge]([CH2]CC)([CH2]CC)[P][Ge]([CH2]CC)([CH2]CC)[CH2]CC. The molecule has 0 aromatic rings. The Bertz CT molecular complexity index is 185. The van der Waals surface area contributed by atoms with Gasteiger partial charge in [0, 0.05) is 0 Å². The van der Waals surface area contributed by atoms with Crippen molar-refractivity contribution >= 4 is 31.4 Å². The normalized spacial score (nSPS) is 12.9. The zero-order chi connectivity index (χ0) is 16.2. The van der Waals surface area contributed by atoms with E-state index in [-0.39, 0.29) is 0 Å². The van der Waals surface area contributed by atoms with Gasteiger partial charge in [-0.1, -0.05) is 0 Å². The van der Waals surface area contributed by atoms with Crippen LogP contribution < -0.4 is 0 Å². The maximum absolute atomic E-state index is 2.45. The fourth-order valence-electron chi connectivity index (χ4n) is 4.38. The summed E-state index contributed by atoms with van der Waals surface area (Å²) < 4.78 is 0. The van der Waals surface area contributed by atoms with Crippen LogP contribution in [-0.2, 0) is 0 Å². The van der Waals surface area contributed by atoms with Crippen molar-refractivity contribution in [2.45, 2.75) is 112 Å². The van der Waals surface area contributed by atoms with Crippen molar-refractivity contribution in [3.8, 4) is 0 Å². The molecule has 0 N–H and O–H groups in total. The van der Waals surface area contributed by atoms with E-state index < -0.39 is 25.6 Å². The van der Waals surface area contributed by atoms with Crippen LogP contribution >= 0.6 is 5.80 Å². The van der Waals surface area contributed by atoms with E-state index in [9.17, 15) is 0 Å². The number of rotatable bonds is 14. The van der Waals surface area contributed by atoms with E-state index in [0.717, 1.165) is 0 Å². The van der Waals surface area contributed by atoms with Crippen molar-refractivity contribution in [2.75, 3.05) is 0 Å². The standard InChI is InChI=1S/C18H42Ge2P/c1-7-13-19(14-8-2,15-9-3)21-20(16-10-4,17-11-5)18-12-6/h7-18H2,1-6H3. The Morgan fingerprint density at radius 1 is 0.429 bits per heavy atom. The molecule has 3 heteroatoms. The third-order valence-electron chi connectivity index (χ3n) is 4.77. The summed E-state index contributed by atoms with van der Waals surface area (Å²) in [5.41, 5.74) is 0. The van der Waals surface area contributed by atoms with Crippen LogP contribution in [0.4, 0.5) is 0 Å². The first-order valence-corrected chi connectivity index (χ1v) is 25.2. The van der Waals surface area contributed by atoms with Crippen molar-refractivity contribution < 1.29 is 0 Å². The number of hydrogen-bond acceptors (Lipinski definition) is 0. The molecule has 0 unspecified atom stereocenters. The molecule has 0 saturated heterocycles. The monoisotopic (exact) mass is 437 g/mol. The second-order valence-corrected chi connectivity index (χ2v) is 42.4. The molecule has 1 radical (unpaired) electrons. The second-order valence-electron chi connectivity index (χ2n) is 7.06. The third-order valence-corrected chi connectivity index (χ3v) is 67.7. The van der Waals surface area contributed by atoms with Crippen LogP contribution in [0.25, 0.3) is 0 Å². The summed E-state index contributed by atoms with van der Waals surface area (Å²) in [5.74, 6) is 2.19. The number of hydrogen-bond donors (Lipinski definition) is 0. The van der Waals surface area contributed by atoms with Gasteiger partial charge in [-0.2, -0.15) is 0 Å². The summed E-state index contributed by atoms with van der Waals surface area (Å²) in [7, 11) is 0. The van der Waals surface area contributed by atoms with E-state index in [4.69, 9.17) is 0 Å². The molecule has 0 amide bonds. The first-order valence-electron chi connectivity index (χ1n) is 9.81. The molecular weight excluding hydrogens is 392 g/mol. The predicted octanol–water partition coefficient (Wildman–Crippen LogP) is 8.28. The molecule has 0 spiro atoms. The van der Waals surface area contributed by atoms with E-state index in [2.05, 4.69) is 47.3 Å². The van der Waals surface area contributed by atoms with Gasteiger partial charge >= 0.3 is 143 Å². The predicted molar refractivity (Wildman–Crippen MR) is 109 cm³/mol. The summed E-state index contributed by atoms with van der Waals surface area (Å²) in [6.45, 7) is 14.7. The summed E-state index contributed by atoms with van der Waals surface area (Å²) in [4.78, 5) is 0. The van der Waals surface area contributed by atoms with Gasteiger partial charge in [0.05, 0.1) is 0 Å². The van der Waals surface area contributed by atoms with E-state index in [0.29, 0.717) is 0 Å². The van der Waals surface area contributed by atoms with Crippen molar-refractivity contribution in [3.05, 3.63) is 0 Å². The molecule has 0 aliphatic heterocycles. The van der Waals surface area contributed by atoms with Gasteiger partial charge in [-0.3, -0.25) is 0 Å². The second kappa shape index (κ2) is 12.9. The first kappa shape index (κ1) is 22.5. The molecule has 0 atom stereocenters. The molecule has 0 heterocycles. The Labute approximate surface area is 142 Å². The summed E-state index contributed by atoms with van der Waals surface area (Å²) in [5, 5.41) is 10.0. The van der Waals surface area contributed by atoms with Gasteiger partial charge < -0.3 is 0 Å². The van der Waals surface area contributed by atoms with Gasteiger partial charge in [0.15, 0.2) is 0 Å². The van der Waals surface area contributed by atoms with Crippen LogP contribution in [0.1, 0.15) is 80.1 Å². The maximum atomic E-state index is 2.45. The molecule has 0 aromatic carbocycles. The minimum atomic E-state index is -1.57.